The van der Waals surface area contributed by atoms with E-state index in [2.05, 4.69) is 15.3 Å². The van der Waals surface area contributed by atoms with Crippen LogP contribution < -0.4 is 5.32 Å². The summed E-state index contributed by atoms with van der Waals surface area (Å²) in [4.78, 5) is 7.86. The Hall–Kier alpha value is -0.740. The van der Waals surface area contributed by atoms with Crippen molar-refractivity contribution in [3.8, 4) is 0 Å². The predicted molar refractivity (Wildman–Crippen MR) is 53.9 cm³/mol. The Morgan fingerprint density at radius 1 is 1.43 bits per heavy atom. The van der Waals surface area contributed by atoms with E-state index in [1.807, 2.05) is 0 Å². The molecule has 2 heterocycles. The monoisotopic (exact) mass is 217 g/mol. The molecule has 0 aromatic carbocycles. The lowest BCUT2D eigenvalue weighted by molar-refractivity contribution is 0.551. The Balaban J connectivity index is 0.000000980. The number of rotatable bonds is 2. The minimum Gasteiger partial charge on any atom is -0.316 e. The first kappa shape index (κ1) is 11.3. The van der Waals surface area contributed by atoms with Crippen molar-refractivity contribution in [1.29, 1.82) is 0 Å². The third-order valence-corrected chi connectivity index (χ3v) is 2.31. The minimum absolute atomic E-state index is 0. The summed E-state index contributed by atoms with van der Waals surface area (Å²) in [6, 6.07) is 0. The number of halogens is 2. The Bertz CT molecular complexity index is 272. The molecule has 3 nitrogen and oxygen atoms in total. The molecule has 0 amide bonds. The van der Waals surface area contributed by atoms with Gasteiger partial charge in [0.1, 0.15) is 5.82 Å². The highest BCUT2D eigenvalue weighted by Gasteiger charge is 2.15. The largest absolute Gasteiger partial charge is 0.316 e. The van der Waals surface area contributed by atoms with Crippen molar-refractivity contribution >= 4 is 12.4 Å². The Morgan fingerprint density at radius 2 is 2.14 bits per heavy atom. The summed E-state index contributed by atoms with van der Waals surface area (Å²) >= 11 is 0. The second-order valence-corrected chi connectivity index (χ2v) is 3.38. The van der Waals surface area contributed by atoms with Gasteiger partial charge >= 0.3 is 0 Å². The summed E-state index contributed by atoms with van der Waals surface area (Å²) in [6.45, 7) is 2.10. The molecule has 0 spiro atoms. The van der Waals surface area contributed by atoms with E-state index < -0.39 is 0 Å². The summed E-state index contributed by atoms with van der Waals surface area (Å²) in [5, 5.41) is 3.27. The first-order valence-corrected chi connectivity index (χ1v) is 4.52. The van der Waals surface area contributed by atoms with E-state index in [0.717, 1.165) is 25.3 Å². The molecule has 0 bridgehead atoms. The molecule has 0 aliphatic carbocycles. The summed E-state index contributed by atoms with van der Waals surface area (Å²) in [7, 11) is 0. The topological polar surface area (TPSA) is 37.8 Å². The van der Waals surface area contributed by atoms with Crippen LogP contribution in [0.4, 0.5) is 4.39 Å². The first-order chi connectivity index (χ1) is 6.34. The van der Waals surface area contributed by atoms with Crippen molar-refractivity contribution < 1.29 is 4.39 Å². The van der Waals surface area contributed by atoms with Crippen LogP contribution in [0.1, 0.15) is 12.2 Å². The highest BCUT2D eigenvalue weighted by atomic mass is 35.5. The van der Waals surface area contributed by atoms with Gasteiger partial charge < -0.3 is 5.32 Å². The highest BCUT2D eigenvalue weighted by molar-refractivity contribution is 5.85. The summed E-state index contributed by atoms with van der Waals surface area (Å²) in [5.74, 6) is 0.994. The third-order valence-electron chi connectivity index (χ3n) is 2.31. The number of nitrogens with one attached hydrogen (secondary N) is 1. The van der Waals surface area contributed by atoms with Gasteiger partial charge in [-0.25, -0.2) is 14.4 Å². The fraction of sp³-hybridized carbons (Fsp3) is 0.556. The van der Waals surface area contributed by atoms with Crippen LogP contribution in [0, 0.1) is 11.7 Å². The normalized spacial score (nSPS) is 20.5. The van der Waals surface area contributed by atoms with E-state index in [0.29, 0.717) is 5.92 Å². The molecule has 1 N–H and O–H groups in total. The molecule has 1 aliphatic heterocycles. The average molecular weight is 218 g/mol. The van der Waals surface area contributed by atoms with Gasteiger partial charge in [-0.15, -0.1) is 12.4 Å². The van der Waals surface area contributed by atoms with E-state index in [4.69, 9.17) is 0 Å². The maximum atomic E-state index is 12.5. The maximum Gasteiger partial charge on any atom is 0.159 e. The summed E-state index contributed by atoms with van der Waals surface area (Å²) in [6.07, 6.45) is 4.48. The second-order valence-electron chi connectivity index (χ2n) is 3.38. The van der Waals surface area contributed by atoms with Crippen LogP contribution >= 0.6 is 12.4 Å². The van der Waals surface area contributed by atoms with Gasteiger partial charge in [0.15, 0.2) is 5.82 Å². The molecule has 0 saturated carbocycles. The van der Waals surface area contributed by atoms with Crippen LogP contribution in [0.3, 0.4) is 0 Å². The molecule has 1 aromatic rings. The van der Waals surface area contributed by atoms with Crippen molar-refractivity contribution in [2.45, 2.75) is 12.8 Å². The molecular formula is C9H13ClFN3. The first-order valence-electron chi connectivity index (χ1n) is 4.52. The molecule has 1 saturated heterocycles. The molecule has 2 rings (SSSR count). The molecule has 1 fully saturated rings. The predicted octanol–water partition coefficient (Wildman–Crippen LogP) is 1.19. The van der Waals surface area contributed by atoms with Crippen LogP contribution in [-0.2, 0) is 6.42 Å². The van der Waals surface area contributed by atoms with E-state index in [1.165, 1.54) is 18.8 Å². The summed E-state index contributed by atoms with van der Waals surface area (Å²) in [5.41, 5.74) is 0. The van der Waals surface area contributed by atoms with Crippen molar-refractivity contribution in [2.24, 2.45) is 5.92 Å². The molecule has 0 radical (unpaired) electrons. The molecule has 1 aliphatic rings. The van der Waals surface area contributed by atoms with E-state index in [1.54, 1.807) is 0 Å². The van der Waals surface area contributed by atoms with Crippen LogP contribution in [0.15, 0.2) is 12.4 Å². The molecule has 1 unspecified atom stereocenters. The van der Waals surface area contributed by atoms with E-state index in [-0.39, 0.29) is 18.2 Å². The molecule has 1 atom stereocenters. The second kappa shape index (κ2) is 5.22. The molecule has 5 heteroatoms. The van der Waals surface area contributed by atoms with Crippen LogP contribution in [-0.4, -0.2) is 23.1 Å². The van der Waals surface area contributed by atoms with Crippen LogP contribution in [0.5, 0.6) is 0 Å². The van der Waals surface area contributed by atoms with E-state index in [9.17, 15) is 4.39 Å². The SMILES string of the molecule is Cl.Fc1cnc(CC2CCNC2)nc1. The Kier molecular flexibility index (Phi) is 4.22. The van der Waals surface area contributed by atoms with Crippen molar-refractivity contribution in [3.63, 3.8) is 0 Å². The maximum absolute atomic E-state index is 12.5. The number of aromatic nitrogens is 2. The standard InChI is InChI=1S/C9H12FN3.ClH/c10-8-5-12-9(13-6-8)3-7-1-2-11-4-7;/h5-7,11H,1-4H2;1H. The number of hydrogen-bond donors (Lipinski definition) is 1. The van der Waals surface area contributed by atoms with Crippen LogP contribution in [0.25, 0.3) is 0 Å². The average Bonchev–Trinajstić information content (AvgIpc) is 2.62. The molecular weight excluding hydrogens is 205 g/mol. The van der Waals surface area contributed by atoms with Gasteiger partial charge in [-0.3, -0.25) is 0 Å². The van der Waals surface area contributed by atoms with Gasteiger partial charge in [0.2, 0.25) is 0 Å². The zero-order chi connectivity index (χ0) is 9.10. The number of nitrogens with zero attached hydrogens (tertiary/aromatic N) is 2. The van der Waals surface area contributed by atoms with Crippen LogP contribution in [0.2, 0.25) is 0 Å². The lowest BCUT2D eigenvalue weighted by Crippen LogP contribution is -2.12. The zero-order valence-corrected chi connectivity index (χ0v) is 8.56. The van der Waals surface area contributed by atoms with Crippen molar-refractivity contribution in [3.05, 3.63) is 24.0 Å². The van der Waals surface area contributed by atoms with Gasteiger partial charge in [-0.1, -0.05) is 0 Å². The molecule has 78 valence electrons. The quantitative estimate of drug-likeness (QED) is 0.809. The zero-order valence-electron chi connectivity index (χ0n) is 7.74. The molecule has 1 aromatic heterocycles. The van der Waals surface area contributed by atoms with Gasteiger partial charge in [-0.05, 0) is 25.4 Å². The fourth-order valence-corrected chi connectivity index (χ4v) is 1.59. The lowest BCUT2D eigenvalue weighted by Gasteiger charge is -2.05. The van der Waals surface area contributed by atoms with Crippen molar-refractivity contribution in [2.75, 3.05) is 13.1 Å². The Labute approximate surface area is 88.6 Å². The minimum atomic E-state index is -0.367. The third kappa shape index (κ3) is 2.89. The van der Waals surface area contributed by atoms with Gasteiger partial charge in [0.25, 0.3) is 0 Å². The molecule has 14 heavy (non-hydrogen) atoms. The van der Waals surface area contributed by atoms with Gasteiger partial charge in [0, 0.05) is 6.42 Å². The Morgan fingerprint density at radius 3 is 2.71 bits per heavy atom. The lowest BCUT2D eigenvalue weighted by atomic mass is 10.1. The fourth-order valence-electron chi connectivity index (χ4n) is 1.59. The van der Waals surface area contributed by atoms with E-state index >= 15 is 0 Å². The van der Waals surface area contributed by atoms with Crippen molar-refractivity contribution in [1.82, 2.24) is 15.3 Å². The van der Waals surface area contributed by atoms with Gasteiger partial charge in [0.05, 0.1) is 12.4 Å². The van der Waals surface area contributed by atoms with Gasteiger partial charge in [-0.2, -0.15) is 0 Å². The number of hydrogen-bond acceptors (Lipinski definition) is 3. The highest BCUT2D eigenvalue weighted by Crippen LogP contribution is 2.11. The summed E-state index contributed by atoms with van der Waals surface area (Å²) < 4.78 is 12.5. The smallest absolute Gasteiger partial charge is 0.159 e.